The highest BCUT2D eigenvalue weighted by atomic mass is 16.3. The quantitative estimate of drug-likeness (QED) is 0.760. The molecule has 1 aromatic carbocycles. The molecular weight excluding hydrogens is 198 g/mol. The fourth-order valence-corrected chi connectivity index (χ4v) is 2.53. The Morgan fingerprint density at radius 1 is 1.31 bits per heavy atom. The molecule has 2 nitrogen and oxygen atoms in total. The molecule has 0 radical (unpaired) electrons. The van der Waals surface area contributed by atoms with Crippen molar-refractivity contribution in [3.8, 4) is 5.75 Å². The second-order valence-electron chi connectivity index (χ2n) is 5.69. The number of phenols is 1. The number of phenolic OH excluding ortho intramolecular Hbond substituents is 1. The molecular formula is C14H21NO. The number of hydrogen-bond donors (Lipinski definition) is 2. The maximum absolute atomic E-state index is 9.98. The number of fused-ring (bicyclic) bond motifs is 1. The molecule has 0 aliphatic heterocycles. The van der Waals surface area contributed by atoms with Gasteiger partial charge in [-0.15, -0.1) is 0 Å². The van der Waals surface area contributed by atoms with Crippen molar-refractivity contribution in [1.29, 1.82) is 0 Å². The highest BCUT2D eigenvalue weighted by Crippen LogP contribution is 2.36. The lowest BCUT2D eigenvalue weighted by molar-refractivity contribution is 0.327. The standard InChI is InChI=1S/C14H21NO/c1-14(2,3)15-11-8-4-6-10-7-5-9-12(16)13(10)11/h5,7,9,11,15-16H,4,6,8H2,1-3H3. The van der Waals surface area contributed by atoms with Crippen molar-refractivity contribution in [2.45, 2.75) is 51.6 Å². The number of aryl methyl sites for hydroxylation is 1. The lowest BCUT2D eigenvalue weighted by atomic mass is 9.86. The normalized spacial score (nSPS) is 20.6. The molecule has 88 valence electrons. The van der Waals surface area contributed by atoms with Crippen LogP contribution >= 0.6 is 0 Å². The van der Waals surface area contributed by atoms with E-state index in [0.717, 1.165) is 18.4 Å². The van der Waals surface area contributed by atoms with E-state index in [1.54, 1.807) is 6.07 Å². The van der Waals surface area contributed by atoms with Crippen molar-refractivity contribution in [3.05, 3.63) is 29.3 Å². The second kappa shape index (κ2) is 4.10. The number of rotatable bonds is 1. The van der Waals surface area contributed by atoms with Crippen molar-refractivity contribution < 1.29 is 5.11 Å². The molecule has 0 bridgehead atoms. The molecule has 1 unspecified atom stereocenters. The largest absolute Gasteiger partial charge is 0.508 e. The molecule has 0 saturated heterocycles. The van der Waals surface area contributed by atoms with E-state index in [1.807, 2.05) is 6.07 Å². The number of benzene rings is 1. The van der Waals surface area contributed by atoms with Gasteiger partial charge in [0.1, 0.15) is 5.75 Å². The van der Waals surface area contributed by atoms with Crippen LogP contribution in [0.15, 0.2) is 18.2 Å². The van der Waals surface area contributed by atoms with Crippen molar-refractivity contribution in [1.82, 2.24) is 5.32 Å². The first-order valence-corrected chi connectivity index (χ1v) is 6.06. The minimum Gasteiger partial charge on any atom is -0.508 e. The zero-order chi connectivity index (χ0) is 11.8. The smallest absolute Gasteiger partial charge is 0.120 e. The van der Waals surface area contributed by atoms with Gasteiger partial charge < -0.3 is 10.4 Å². The molecule has 0 aromatic heterocycles. The predicted molar refractivity (Wildman–Crippen MR) is 66.7 cm³/mol. The van der Waals surface area contributed by atoms with Gasteiger partial charge in [0.05, 0.1) is 0 Å². The minimum atomic E-state index is 0.0849. The molecule has 2 rings (SSSR count). The predicted octanol–water partition coefficient (Wildman–Crippen LogP) is 3.16. The van der Waals surface area contributed by atoms with Gasteiger partial charge in [-0.1, -0.05) is 12.1 Å². The molecule has 0 amide bonds. The fraction of sp³-hybridized carbons (Fsp3) is 0.571. The van der Waals surface area contributed by atoms with E-state index in [-0.39, 0.29) is 5.54 Å². The summed E-state index contributed by atoms with van der Waals surface area (Å²) in [4.78, 5) is 0. The Balaban J connectivity index is 2.32. The zero-order valence-corrected chi connectivity index (χ0v) is 10.4. The summed E-state index contributed by atoms with van der Waals surface area (Å²) >= 11 is 0. The Morgan fingerprint density at radius 3 is 2.75 bits per heavy atom. The van der Waals surface area contributed by atoms with Gasteiger partial charge in [-0.25, -0.2) is 0 Å². The van der Waals surface area contributed by atoms with Crippen LogP contribution in [0, 0.1) is 0 Å². The molecule has 0 saturated carbocycles. The molecule has 1 atom stereocenters. The first-order chi connectivity index (χ1) is 7.47. The van der Waals surface area contributed by atoms with E-state index < -0.39 is 0 Å². The van der Waals surface area contributed by atoms with Gasteiger partial charge in [-0.2, -0.15) is 0 Å². The lowest BCUT2D eigenvalue weighted by Crippen LogP contribution is -2.40. The van der Waals surface area contributed by atoms with E-state index >= 15 is 0 Å². The van der Waals surface area contributed by atoms with Crippen LogP contribution in [0.2, 0.25) is 0 Å². The highest BCUT2D eigenvalue weighted by molar-refractivity contribution is 5.43. The Kier molecular flexibility index (Phi) is 2.94. The number of hydrogen-bond acceptors (Lipinski definition) is 2. The van der Waals surface area contributed by atoms with Crippen molar-refractivity contribution in [2.24, 2.45) is 0 Å². The molecule has 2 heteroatoms. The lowest BCUT2D eigenvalue weighted by Gasteiger charge is -2.33. The molecule has 2 N–H and O–H groups in total. The van der Waals surface area contributed by atoms with E-state index in [0.29, 0.717) is 11.8 Å². The van der Waals surface area contributed by atoms with Crippen LogP contribution < -0.4 is 5.32 Å². The van der Waals surface area contributed by atoms with Gasteiger partial charge in [0.2, 0.25) is 0 Å². The van der Waals surface area contributed by atoms with Crippen molar-refractivity contribution in [2.75, 3.05) is 0 Å². The van der Waals surface area contributed by atoms with Crippen LogP contribution in [-0.4, -0.2) is 10.6 Å². The van der Waals surface area contributed by atoms with Crippen LogP contribution in [0.4, 0.5) is 0 Å². The third-order valence-electron chi connectivity index (χ3n) is 3.07. The molecule has 16 heavy (non-hydrogen) atoms. The van der Waals surface area contributed by atoms with Crippen LogP contribution in [0.5, 0.6) is 5.75 Å². The third kappa shape index (κ3) is 2.38. The van der Waals surface area contributed by atoms with E-state index in [4.69, 9.17) is 0 Å². The Labute approximate surface area is 97.7 Å². The summed E-state index contributed by atoms with van der Waals surface area (Å²) in [5.41, 5.74) is 2.50. The fourth-order valence-electron chi connectivity index (χ4n) is 2.53. The monoisotopic (exact) mass is 219 g/mol. The van der Waals surface area contributed by atoms with Crippen LogP contribution in [0.3, 0.4) is 0 Å². The SMILES string of the molecule is CC(C)(C)NC1CCCc2cccc(O)c21. The third-order valence-corrected chi connectivity index (χ3v) is 3.07. The first kappa shape index (κ1) is 11.5. The van der Waals surface area contributed by atoms with Crippen molar-refractivity contribution >= 4 is 0 Å². The summed E-state index contributed by atoms with van der Waals surface area (Å²) in [6.45, 7) is 6.50. The summed E-state index contributed by atoms with van der Waals surface area (Å²) in [6.07, 6.45) is 3.40. The van der Waals surface area contributed by atoms with E-state index in [2.05, 4.69) is 32.2 Å². The summed E-state index contributed by atoms with van der Waals surface area (Å²) in [6, 6.07) is 6.16. The van der Waals surface area contributed by atoms with Gasteiger partial charge in [0.15, 0.2) is 0 Å². The van der Waals surface area contributed by atoms with Gasteiger partial charge in [0, 0.05) is 17.1 Å². The van der Waals surface area contributed by atoms with E-state index in [1.165, 1.54) is 12.0 Å². The first-order valence-electron chi connectivity index (χ1n) is 6.06. The van der Waals surface area contributed by atoms with Crippen LogP contribution in [0.1, 0.15) is 50.8 Å². The highest BCUT2D eigenvalue weighted by Gasteiger charge is 2.26. The number of aromatic hydroxyl groups is 1. The van der Waals surface area contributed by atoms with Crippen LogP contribution in [-0.2, 0) is 6.42 Å². The van der Waals surface area contributed by atoms with Crippen molar-refractivity contribution in [3.63, 3.8) is 0 Å². The maximum Gasteiger partial charge on any atom is 0.120 e. The van der Waals surface area contributed by atoms with Gasteiger partial charge >= 0.3 is 0 Å². The summed E-state index contributed by atoms with van der Waals surface area (Å²) in [5, 5.41) is 13.6. The zero-order valence-electron chi connectivity index (χ0n) is 10.4. The van der Waals surface area contributed by atoms with Gasteiger partial charge in [-0.3, -0.25) is 0 Å². The summed E-state index contributed by atoms with van der Waals surface area (Å²) in [5.74, 6) is 0.443. The Morgan fingerprint density at radius 2 is 2.06 bits per heavy atom. The second-order valence-corrected chi connectivity index (χ2v) is 5.69. The summed E-state index contributed by atoms with van der Waals surface area (Å²) in [7, 11) is 0. The minimum absolute atomic E-state index is 0.0849. The molecule has 1 aromatic rings. The molecule has 1 aliphatic carbocycles. The Hall–Kier alpha value is -1.02. The van der Waals surface area contributed by atoms with E-state index in [9.17, 15) is 5.11 Å². The average Bonchev–Trinajstić information content (AvgIpc) is 2.15. The molecule has 0 fully saturated rings. The van der Waals surface area contributed by atoms with Gasteiger partial charge in [0.25, 0.3) is 0 Å². The van der Waals surface area contributed by atoms with Crippen LogP contribution in [0.25, 0.3) is 0 Å². The molecule has 0 heterocycles. The molecule has 0 spiro atoms. The summed E-state index contributed by atoms with van der Waals surface area (Å²) < 4.78 is 0. The maximum atomic E-state index is 9.98. The Bertz CT molecular complexity index is 379. The van der Waals surface area contributed by atoms with Gasteiger partial charge in [-0.05, 0) is 51.7 Å². The number of nitrogens with one attached hydrogen (secondary N) is 1. The average molecular weight is 219 g/mol. The topological polar surface area (TPSA) is 32.3 Å². The molecule has 1 aliphatic rings.